The topological polar surface area (TPSA) is 24.9 Å². The molecule has 0 amide bonds. The van der Waals surface area contributed by atoms with Gasteiger partial charge in [0.05, 0.1) is 5.69 Å². The molecule has 3 heteroatoms. The highest BCUT2D eigenvalue weighted by atomic mass is 32.1. The summed E-state index contributed by atoms with van der Waals surface area (Å²) in [7, 11) is 0. The van der Waals surface area contributed by atoms with Gasteiger partial charge in [-0.2, -0.15) is 0 Å². The summed E-state index contributed by atoms with van der Waals surface area (Å²) in [6.45, 7) is 6.41. The van der Waals surface area contributed by atoms with Crippen LogP contribution in [-0.4, -0.2) is 11.0 Å². The van der Waals surface area contributed by atoms with E-state index in [0.29, 0.717) is 6.04 Å². The molecule has 0 aliphatic rings. The van der Waals surface area contributed by atoms with E-state index >= 15 is 0 Å². The van der Waals surface area contributed by atoms with E-state index in [9.17, 15) is 0 Å². The van der Waals surface area contributed by atoms with Crippen LogP contribution >= 0.6 is 11.3 Å². The Kier molecular flexibility index (Phi) is 3.53. The molecule has 0 saturated heterocycles. The van der Waals surface area contributed by atoms with Crippen LogP contribution in [0.4, 0.5) is 5.13 Å². The van der Waals surface area contributed by atoms with Crippen molar-refractivity contribution in [3.8, 4) is 0 Å². The third-order valence-electron chi connectivity index (χ3n) is 1.93. The van der Waals surface area contributed by atoms with Crippen molar-refractivity contribution in [1.29, 1.82) is 0 Å². The van der Waals surface area contributed by atoms with Gasteiger partial charge in [-0.3, -0.25) is 0 Å². The van der Waals surface area contributed by atoms with Gasteiger partial charge in [-0.25, -0.2) is 4.98 Å². The smallest absolute Gasteiger partial charge is 0.183 e. The lowest BCUT2D eigenvalue weighted by atomic mass is 10.2. The van der Waals surface area contributed by atoms with E-state index in [-0.39, 0.29) is 0 Å². The van der Waals surface area contributed by atoms with Crippen LogP contribution in [-0.2, 0) is 0 Å². The van der Waals surface area contributed by atoms with Gasteiger partial charge in [-0.15, -0.1) is 11.3 Å². The van der Waals surface area contributed by atoms with Gasteiger partial charge in [-0.1, -0.05) is 13.8 Å². The number of nitrogens with zero attached hydrogens (tertiary/aromatic N) is 1. The fraction of sp³-hybridized carbons (Fsp3) is 0.667. The Morgan fingerprint density at radius 1 is 1.50 bits per heavy atom. The molecule has 2 nitrogen and oxygen atoms in total. The first-order valence-corrected chi connectivity index (χ1v) is 5.32. The summed E-state index contributed by atoms with van der Waals surface area (Å²) in [4.78, 5) is 4.35. The molecule has 0 unspecified atom stereocenters. The van der Waals surface area contributed by atoms with Gasteiger partial charge >= 0.3 is 0 Å². The van der Waals surface area contributed by atoms with E-state index in [0.717, 1.165) is 23.7 Å². The second-order valence-electron chi connectivity index (χ2n) is 2.95. The van der Waals surface area contributed by atoms with Gasteiger partial charge in [0.2, 0.25) is 0 Å². The van der Waals surface area contributed by atoms with Gasteiger partial charge < -0.3 is 5.32 Å². The lowest BCUT2D eigenvalue weighted by Crippen LogP contribution is -2.16. The average Bonchev–Trinajstić information content (AvgIpc) is 2.47. The molecular weight excluding hydrogens is 168 g/mol. The highest BCUT2D eigenvalue weighted by Gasteiger charge is 2.04. The average molecular weight is 184 g/mol. The van der Waals surface area contributed by atoms with Crippen LogP contribution in [0, 0.1) is 6.92 Å². The van der Waals surface area contributed by atoms with Crippen molar-refractivity contribution < 1.29 is 0 Å². The SMILES string of the molecule is CCC(CC)Nc1nc(C)cs1. The van der Waals surface area contributed by atoms with Crippen molar-refractivity contribution in [2.45, 2.75) is 39.7 Å². The minimum atomic E-state index is 0.579. The van der Waals surface area contributed by atoms with Crippen LogP contribution in [0.2, 0.25) is 0 Å². The van der Waals surface area contributed by atoms with Gasteiger partial charge in [0, 0.05) is 11.4 Å². The first-order chi connectivity index (χ1) is 5.76. The lowest BCUT2D eigenvalue weighted by Gasteiger charge is -2.12. The van der Waals surface area contributed by atoms with Crippen LogP contribution < -0.4 is 5.32 Å². The molecule has 1 N–H and O–H groups in total. The molecule has 1 aromatic rings. The predicted molar refractivity (Wildman–Crippen MR) is 54.8 cm³/mol. The quantitative estimate of drug-likeness (QED) is 0.778. The summed E-state index contributed by atoms with van der Waals surface area (Å²) in [5.41, 5.74) is 1.11. The van der Waals surface area contributed by atoms with Crippen LogP contribution in [0.5, 0.6) is 0 Å². The third kappa shape index (κ3) is 2.48. The minimum Gasteiger partial charge on any atom is -0.359 e. The van der Waals surface area contributed by atoms with Crippen molar-refractivity contribution in [2.75, 3.05) is 5.32 Å². The van der Waals surface area contributed by atoms with Crippen molar-refractivity contribution in [1.82, 2.24) is 4.98 Å². The summed E-state index contributed by atoms with van der Waals surface area (Å²) in [5.74, 6) is 0. The Morgan fingerprint density at radius 2 is 2.17 bits per heavy atom. The molecule has 0 saturated carbocycles. The first-order valence-electron chi connectivity index (χ1n) is 4.45. The second kappa shape index (κ2) is 4.45. The Balaban J connectivity index is 2.50. The van der Waals surface area contributed by atoms with E-state index in [4.69, 9.17) is 0 Å². The third-order valence-corrected chi connectivity index (χ3v) is 2.82. The lowest BCUT2D eigenvalue weighted by molar-refractivity contribution is 0.671. The maximum absolute atomic E-state index is 4.35. The summed E-state index contributed by atoms with van der Waals surface area (Å²) < 4.78 is 0. The molecule has 12 heavy (non-hydrogen) atoms. The molecule has 0 spiro atoms. The molecule has 68 valence electrons. The second-order valence-corrected chi connectivity index (χ2v) is 3.81. The number of hydrogen-bond donors (Lipinski definition) is 1. The highest BCUT2D eigenvalue weighted by molar-refractivity contribution is 7.13. The van der Waals surface area contributed by atoms with E-state index in [1.54, 1.807) is 11.3 Å². The molecule has 1 heterocycles. The number of hydrogen-bond acceptors (Lipinski definition) is 3. The highest BCUT2D eigenvalue weighted by Crippen LogP contribution is 2.16. The molecule has 0 fully saturated rings. The molecule has 1 aromatic heterocycles. The zero-order valence-electron chi connectivity index (χ0n) is 7.92. The molecule has 1 rings (SSSR count). The Bertz CT molecular complexity index is 228. The number of anilines is 1. The first kappa shape index (κ1) is 9.52. The molecule has 0 radical (unpaired) electrons. The standard InChI is InChI=1S/C9H16N2S/c1-4-8(5-2)11-9-10-7(3)6-12-9/h6,8H,4-5H2,1-3H3,(H,10,11). The maximum atomic E-state index is 4.35. The van der Waals surface area contributed by atoms with Crippen molar-refractivity contribution >= 4 is 16.5 Å². The minimum absolute atomic E-state index is 0.579. The van der Waals surface area contributed by atoms with Gasteiger partial charge in [0.25, 0.3) is 0 Å². The Labute approximate surface area is 78.0 Å². The van der Waals surface area contributed by atoms with E-state index in [2.05, 4.69) is 29.5 Å². The van der Waals surface area contributed by atoms with Crippen molar-refractivity contribution in [3.63, 3.8) is 0 Å². The number of aromatic nitrogens is 1. The molecule has 0 aliphatic carbocycles. The molecule has 0 atom stereocenters. The van der Waals surface area contributed by atoms with E-state index in [1.807, 2.05) is 6.92 Å². The predicted octanol–water partition coefficient (Wildman–Crippen LogP) is 3.05. The van der Waals surface area contributed by atoms with Crippen LogP contribution in [0.1, 0.15) is 32.4 Å². The van der Waals surface area contributed by atoms with Crippen molar-refractivity contribution in [2.24, 2.45) is 0 Å². The monoisotopic (exact) mass is 184 g/mol. The van der Waals surface area contributed by atoms with Gasteiger partial charge in [0.15, 0.2) is 5.13 Å². The molecule has 0 bridgehead atoms. The normalized spacial score (nSPS) is 10.7. The van der Waals surface area contributed by atoms with Crippen LogP contribution in [0.3, 0.4) is 0 Å². The zero-order chi connectivity index (χ0) is 8.97. The summed E-state index contributed by atoms with van der Waals surface area (Å²) in [6.07, 6.45) is 2.32. The molecular formula is C9H16N2S. The fourth-order valence-electron chi connectivity index (χ4n) is 1.09. The fourth-order valence-corrected chi connectivity index (χ4v) is 1.85. The number of thiazole rings is 1. The number of nitrogens with one attached hydrogen (secondary N) is 1. The van der Waals surface area contributed by atoms with Crippen LogP contribution in [0.25, 0.3) is 0 Å². The summed E-state index contributed by atoms with van der Waals surface area (Å²) in [5, 5.41) is 6.54. The Hall–Kier alpha value is -0.570. The summed E-state index contributed by atoms with van der Waals surface area (Å²) in [6, 6.07) is 0.579. The van der Waals surface area contributed by atoms with Crippen molar-refractivity contribution in [3.05, 3.63) is 11.1 Å². The number of aryl methyl sites for hydroxylation is 1. The summed E-state index contributed by atoms with van der Waals surface area (Å²) >= 11 is 1.69. The molecule has 0 aromatic carbocycles. The maximum Gasteiger partial charge on any atom is 0.183 e. The Morgan fingerprint density at radius 3 is 2.58 bits per heavy atom. The van der Waals surface area contributed by atoms with E-state index < -0.39 is 0 Å². The zero-order valence-corrected chi connectivity index (χ0v) is 8.74. The largest absolute Gasteiger partial charge is 0.359 e. The molecule has 0 aliphatic heterocycles. The van der Waals surface area contributed by atoms with Gasteiger partial charge in [-0.05, 0) is 19.8 Å². The number of rotatable bonds is 4. The van der Waals surface area contributed by atoms with E-state index in [1.165, 1.54) is 0 Å². The van der Waals surface area contributed by atoms with Gasteiger partial charge in [0.1, 0.15) is 0 Å². The van der Waals surface area contributed by atoms with Crippen LogP contribution in [0.15, 0.2) is 5.38 Å².